The molecule has 1 amide bonds. The minimum absolute atomic E-state index is 0.207. The van der Waals surface area contributed by atoms with Crippen molar-refractivity contribution in [1.29, 1.82) is 5.26 Å². The second-order valence-electron chi connectivity index (χ2n) is 8.55. The Kier molecular flexibility index (Phi) is 8.05. The van der Waals surface area contributed by atoms with Gasteiger partial charge < -0.3 is 14.6 Å². The van der Waals surface area contributed by atoms with Gasteiger partial charge >= 0.3 is 0 Å². The Labute approximate surface area is 213 Å². The van der Waals surface area contributed by atoms with Crippen LogP contribution in [0.25, 0.3) is 5.69 Å². The van der Waals surface area contributed by atoms with Gasteiger partial charge in [0.2, 0.25) is 5.91 Å². The minimum Gasteiger partial charge on any atom is -0.374 e. The Morgan fingerprint density at radius 2 is 1.97 bits per heavy atom. The Bertz CT molecular complexity index is 1410. The largest absolute Gasteiger partial charge is 0.374 e. The molecule has 1 aromatic heterocycles. The van der Waals surface area contributed by atoms with E-state index in [9.17, 15) is 14.4 Å². The predicted octanol–water partition coefficient (Wildman–Crippen LogP) is 3.32. The summed E-state index contributed by atoms with van der Waals surface area (Å²) in [5.41, 5.74) is 2.35. The minimum atomic E-state index is -0.313. The number of para-hydroxylation sites is 1. The van der Waals surface area contributed by atoms with Crippen molar-refractivity contribution in [3.05, 3.63) is 81.8 Å². The lowest BCUT2D eigenvalue weighted by molar-refractivity contribution is -0.114. The zero-order chi connectivity index (χ0) is 25.7. The first kappa shape index (κ1) is 25.4. The summed E-state index contributed by atoms with van der Waals surface area (Å²) in [6.07, 6.45) is -0.207. The number of nitrogens with zero attached hydrogens (tertiary/aromatic N) is 5. The van der Waals surface area contributed by atoms with E-state index in [-0.39, 0.29) is 23.4 Å². The monoisotopic (exact) mass is 506 g/mol. The number of anilines is 1. The molecule has 2 aromatic carbocycles. The van der Waals surface area contributed by atoms with E-state index < -0.39 is 0 Å². The molecule has 36 heavy (non-hydrogen) atoms. The van der Waals surface area contributed by atoms with Crippen LogP contribution in [0.5, 0.6) is 0 Å². The molecule has 1 N–H and O–H groups in total. The van der Waals surface area contributed by atoms with Crippen molar-refractivity contribution < 1.29 is 13.9 Å². The van der Waals surface area contributed by atoms with Crippen LogP contribution in [0.3, 0.4) is 0 Å². The zero-order valence-electron chi connectivity index (χ0n) is 20.1. The Hall–Kier alpha value is -3.65. The quantitative estimate of drug-likeness (QED) is 0.519. The Morgan fingerprint density at radius 3 is 2.64 bits per heavy atom. The van der Waals surface area contributed by atoms with Crippen LogP contribution in [-0.2, 0) is 23.1 Å². The fraction of sp³-hybridized carbons (Fsp3) is 0.308. The maximum absolute atomic E-state index is 13.3. The van der Waals surface area contributed by atoms with Gasteiger partial charge in [-0.2, -0.15) is 5.26 Å². The topological polar surface area (TPSA) is 87.6 Å². The van der Waals surface area contributed by atoms with Crippen LogP contribution in [0.1, 0.15) is 18.1 Å². The average Bonchev–Trinajstić information content (AvgIpc) is 2.87. The number of halogens is 1. The Morgan fingerprint density at radius 1 is 1.25 bits per heavy atom. The van der Waals surface area contributed by atoms with E-state index in [4.69, 9.17) is 21.9 Å². The van der Waals surface area contributed by atoms with Crippen molar-refractivity contribution in [3.8, 4) is 11.8 Å². The normalized spacial score (nSPS) is 16.5. The van der Waals surface area contributed by atoms with Gasteiger partial charge in [-0.1, -0.05) is 30.3 Å². The molecule has 0 radical (unpaired) electrons. The highest BCUT2D eigenvalue weighted by molar-refractivity contribution is 7.71. The number of morpholine rings is 1. The number of rotatable bonds is 6. The van der Waals surface area contributed by atoms with E-state index in [0.29, 0.717) is 42.3 Å². The first-order chi connectivity index (χ1) is 17.4. The summed E-state index contributed by atoms with van der Waals surface area (Å²) in [5, 5.41) is 12.8. The van der Waals surface area contributed by atoms with E-state index in [1.807, 2.05) is 30.3 Å². The molecule has 0 spiro atoms. The zero-order valence-corrected chi connectivity index (χ0v) is 21.0. The van der Waals surface area contributed by atoms with Gasteiger partial charge in [0.25, 0.3) is 0 Å². The number of amides is 1. The lowest BCUT2D eigenvalue weighted by Gasteiger charge is -2.32. The number of nitrogens with one attached hydrogen (secondary N) is 1. The molecule has 1 fully saturated rings. The summed E-state index contributed by atoms with van der Waals surface area (Å²) in [6, 6.07) is 18.1. The first-order valence-electron chi connectivity index (χ1n) is 11.6. The van der Waals surface area contributed by atoms with Crippen LogP contribution in [0.2, 0.25) is 0 Å². The lowest BCUT2D eigenvalue weighted by atomic mass is 10.2. The number of benzene rings is 2. The molecule has 0 saturated carbocycles. The summed E-state index contributed by atoms with van der Waals surface area (Å²) >= 11 is 5.72. The number of nitriles is 1. The molecule has 0 aliphatic carbocycles. The number of aromatic nitrogens is 2. The van der Waals surface area contributed by atoms with Gasteiger partial charge in [-0.15, -0.1) is 0 Å². The maximum atomic E-state index is 13.3. The molecule has 1 unspecified atom stereocenters. The fourth-order valence-electron chi connectivity index (χ4n) is 4.17. The van der Waals surface area contributed by atoms with Gasteiger partial charge in [0.05, 0.1) is 19.3 Å². The molecule has 186 valence electrons. The maximum Gasteiger partial charge on any atom is 0.222 e. The standard InChI is InChI=1S/C26H27FN6O2S/c1-18(34)30-25-23(14-28)24(33(26(36)31(25)2)21-6-4-3-5-7-21)29-15-22-17-32(12-13-35-22)16-19-8-10-20(27)11-9-19/h3-11,22H,12-13,15-17H2,1-2H3,(H,30,34). The number of hydrogen-bond donors (Lipinski definition) is 1. The molecule has 1 atom stereocenters. The molecule has 1 aliphatic heterocycles. The number of ether oxygens (including phenoxy) is 1. The third kappa shape index (κ3) is 5.76. The summed E-state index contributed by atoms with van der Waals surface area (Å²) in [7, 11) is 1.70. The van der Waals surface area contributed by atoms with Gasteiger partial charge in [-0.3, -0.25) is 19.3 Å². The third-order valence-electron chi connectivity index (χ3n) is 5.89. The van der Waals surface area contributed by atoms with Crippen LogP contribution < -0.4 is 10.8 Å². The average molecular weight is 507 g/mol. The molecule has 8 nitrogen and oxygen atoms in total. The highest BCUT2D eigenvalue weighted by Crippen LogP contribution is 2.16. The highest BCUT2D eigenvalue weighted by atomic mass is 32.1. The van der Waals surface area contributed by atoms with Gasteiger partial charge in [0.1, 0.15) is 23.3 Å². The van der Waals surface area contributed by atoms with Gasteiger partial charge in [0.15, 0.2) is 10.3 Å². The summed E-state index contributed by atoms with van der Waals surface area (Å²) in [6.45, 7) is 4.28. The number of carbonyl (C=O) groups excluding carboxylic acids is 1. The van der Waals surface area contributed by atoms with Crippen LogP contribution in [0, 0.1) is 21.9 Å². The van der Waals surface area contributed by atoms with E-state index in [0.717, 1.165) is 17.8 Å². The van der Waals surface area contributed by atoms with Crippen molar-refractivity contribution in [2.24, 2.45) is 12.0 Å². The molecule has 1 saturated heterocycles. The second kappa shape index (κ2) is 11.4. The van der Waals surface area contributed by atoms with E-state index >= 15 is 0 Å². The smallest absolute Gasteiger partial charge is 0.222 e. The molecule has 2 heterocycles. The SMILES string of the molecule is CC(=O)Nc1c(C#N)c(=NCC2CN(Cc3ccc(F)cc3)CCO2)n(-c2ccccc2)c(=S)n1C. The van der Waals surface area contributed by atoms with Crippen molar-refractivity contribution >= 4 is 23.9 Å². The molecular weight excluding hydrogens is 479 g/mol. The fourth-order valence-corrected chi connectivity index (χ4v) is 4.45. The van der Waals surface area contributed by atoms with Crippen molar-refractivity contribution in [1.82, 2.24) is 14.0 Å². The van der Waals surface area contributed by atoms with Crippen LogP contribution >= 0.6 is 12.2 Å². The van der Waals surface area contributed by atoms with Crippen molar-refractivity contribution in [3.63, 3.8) is 0 Å². The van der Waals surface area contributed by atoms with Crippen LogP contribution in [0.15, 0.2) is 59.6 Å². The molecule has 1 aliphatic rings. The predicted molar refractivity (Wildman–Crippen MR) is 136 cm³/mol. The molecule has 3 aromatic rings. The number of hydrogen-bond acceptors (Lipinski definition) is 6. The number of carbonyl (C=O) groups is 1. The van der Waals surface area contributed by atoms with E-state index in [1.54, 1.807) is 28.3 Å². The summed E-state index contributed by atoms with van der Waals surface area (Å²) < 4.78 is 22.9. The van der Waals surface area contributed by atoms with Crippen molar-refractivity contribution in [2.75, 3.05) is 31.6 Å². The van der Waals surface area contributed by atoms with Gasteiger partial charge in [-0.25, -0.2) is 4.39 Å². The van der Waals surface area contributed by atoms with Crippen LogP contribution in [0.4, 0.5) is 10.2 Å². The molecule has 4 rings (SSSR count). The van der Waals surface area contributed by atoms with Gasteiger partial charge in [0, 0.05) is 39.3 Å². The third-order valence-corrected chi connectivity index (χ3v) is 6.35. The van der Waals surface area contributed by atoms with Crippen molar-refractivity contribution in [2.45, 2.75) is 19.6 Å². The summed E-state index contributed by atoms with van der Waals surface area (Å²) in [4.78, 5) is 18.9. The second-order valence-corrected chi connectivity index (χ2v) is 8.91. The van der Waals surface area contributed by atoms with E-state index in [1.165, 1.54) is 19.1 Å². The van der Waals surface area contributed by atoms with Gasteiger partial charge in [-0.05, 0) is 42.0 Å². The van der Waals surface area contributed by atoms with E-state index in [2.05, 4.69) is 16.3 Å². The highest BCUT2D eigenvalue weighted by Gasteiger charge is 2.22. The molecule has 0 bridgehead atoms. The summed E-state index contributed by atoms with van der Waals surface area (Å²) in [5.74, 6) is -0.274. The molecular formula is C26H27FN6O2S. The Balaban J connectivity index is 1.70. The van der Waals surface area contributed by atoms with Crippen LogP contribution in [-0.4, -0.2) is 52.3 Å². The lowest BCUT2D eigenvalue weighted by Crippen LogP contribution is -2.43. The molecule has 10 heteroatoms. The first-order valence-corrected chi connectivity index (χ1v) is 12.0.